The van der Waals surface area contributed by atoms with Crippen molar-refractivity contribution in [1.82, 2.24) is 4.98 Å². The lowest BCUT2D eigenvalue weighted by Gasteiger charge is -2.26. The molecule has 0 aromatic carbocycles. The Morgan fingerprint density at radius 3 is 2.48 bits per heavy atom. The molecular weight excluding hydrogens is 344 g/mol. The van der Waals surface area contributed by atoms with Gasteiger partial charge in [0.25, 0.3) is 0 Å². The van der Waals surface area contributed by atoms with E-state index >= 15 is 0 Å². The SMILES string of the molecule is CCC/C(=N\OCC)C1=C(O)CC(c2nc(C)c(C)c(C)c2OC)CC1=O. The lowest BCUT2D eigenvalue weighted by molar-refractivity contribution is -0.116. The van der Waals surface area contributed by atoms with Crippen molar-refractivity contribution >= 4 is 11.5 Å². The number of aliphatic hydroxyl groups is 1. The van der Waals surface area contributed by atoms with Crippen LogP contribution in [0.5, 0.6) is 5.75 Å². The van der Waals surface area contributed by atoms with Gasteiger partial charge in [-0.3, -0.25) is 9.78 Å². The summed E-state index contributed by atoms with van der Waals surface area (Å²) in [5, 5.41) is 14.7. The largest absolute Gasteiger partial charge is 0.511 e. The molecule has 1 heterocycles. The maximum atomic E-state index is 12.9. The summed E-state index contributed by atoms with van der Waals surface area (Å²) in [6.07, 6.45) is 1.99. The van der Waals surface area contributed by atoms with Gasteiger partial charge in [-0.1, -0.05) is 18.5 Å². The summed E-state index contributed by atoms with van der Waals surface area (Å²) in [5.74, 6) is 0.409. The fourth-order valence-electron chi connectivity index (χ4n) is 3.49. The zero-order chi connectivity index (χ0) is 20.1. The zero-order valence-electron chi connectivity index (χ0n) is 17.2. The van der Waals surface area contributed by atoms with E-state index in [1.54, 1.807) is 7.11 Å². The number of aliphatic hydroxyl groups excluding tert-OH is 1. The second-order valence-corrected chi connectivity index (χ2v) is 6.92. The summed E-state index contributed by atoms with van der Waals surface area (Å²) >= 11 is 0. The molecule has 0 amide bonds. The first-order chi connectivity index (χ1) is 12.8. The van der Waals surface area contributed by atoms with Crippen LogP contribution in [0.25, 0.3) is 0 Å². The molecular formula is C21H30N2O4. The molecule has 0 saturated heterocycles. The predicted molar refractivity (Wildman–Crippen MR) is 106 cm³/mol. The number of hydrogen-bond donors (Lipinski definition) is 1. The molecule has 1 aliphatic carbocycles. The highest BCUT2D eigenvalue weighted by molar-refractivity contribution is 6.23. The fraction of sp³-hybridized carbons (Fsp3) is 0.571. The number of pyridine rings is 1. The number of nitrogens with zero attached hydrogens (tertiary/aromatic N) is 2. The van der Waals surface area contributed by atoms with Crippen LogP contribution in [-0.4, -0.2) is 35.3 Å². The second kappa shape index (κ2) is 9.02. The van der Waals surface area contributed by atoms with E-state index in [0.717, 1.165) is 28.9 Å². The summed E-state index contributed by atoms with van der Waals surface area (Å²) in [6.45, 7) is 10.2. The van der Waals surface area contributed by atoms with Gasteiger partial charge >= 0.3 is 0 Å². The number of allylic oxidation sites excluding steroid dienone is 2. The topological polar surface area (TPSA) is 81.0 Å². The molecule has 0 radical (unpaired) electrons. The molecule has 2 rings (SSSR count). The number of aromatic nitrogens is 1. The minimum Gasteiger partial charge on any atom is -0.511 e. The summed E-state index contributed by atoms with van der Waals surface area (Å²) in [4.78, 5) is 22.7. The Bertz CT molecular complexity index is 781. The van der Waals surface area contributed by atoms with Crippen LogP contribution in [-0.2, 0) is 9.63 Å². The molecule has 0 saturated carbocycles. The van der Waals surface area contributed by atoms with Crippen LogP contribution < -0.4 is 4.74 Å². The summed E-state index contributed by atoms with van der Waals surface area (Å²) in [7, 11) is 1.61. The van der Waals surface area contributed by atoms with Crippen LogP contribution in [0.15, 0.2) is 16.5 Å². The van der Waals surface area contributed by atoms with E-state index < -0.39 is 0 Å². The van der Waals surface area contributed by atoms with E-state index in [1.807, 2.05) is 34.6 Å². The smallest absolute Gasteiger partial charge is 0.168 e. The normalized spacial score (nSPS) is 18.1. The highest BCUT2D eigenvalue weighted by Crippen LogP contribution is 2.40. The van der Waals surface area contributed by atoms with Crippen LogP contribution in [0.2, 0.25) is 0 Å². The van der Waals surface area contributed by atoms with Crippen LogP contribution in [0.1, 0.15) is 68.0 Å². The Morgan fingerprint density at radius 1 is 1.22 bits per heavy atom. The highest BCUT2D eigenvalue weighted by atomic mass is 16.6. The van der Waals surface area contributed by atoms with Crippen molar-refractivity contribution in [3.05, 3.63) is 33.8 Å². The Hall–Kier alpha value is -2.37. The predicted octanol–water partition coefficient (Wildman–Crippen LogP) is 4.47. The number of ketones is 1. The molecule has 1 aliphatic rings. The van der Waals surface area contributed by atoms with Crippen molar-refractivity contribution in [3.63, 3.8) is 0 Å². The minimum atomic E-state index is -0.218. The van der Waals surface area contributed by atoms with E-state index in [2.05, 4.69) is 10.1 Å². The van der Waals surface area contributed by atoms with Gasteiger partial charge in [-0.2, -0.15) is 0 Å². The van der Waals surface area contributed by atoms with E-state index in [9.17, 15) is 9.90 Å². The maximum Gasteiger partial charge on any atom is 0.168 e. The number of rotatable bonds is 7. The number of methoxy groups -OCH3 is 1. The fourth-order valence-corrected chi connectivity index (χ4v) is 3.49. The standard InChI is InChI=1S/C21H30N2O4/c1-7-9-16(23-27-8-2)19-17(24)10-15(11-18(19)25)20-21(26-6)13(4)12(3)14(5)22-20/h15,24H,7-11H2,1-6H3/b23-16+. The number of oxime groups is 1. The van der Waals surface area contributed by atoms with Crippen molar-refractivity contribution < 1.29 is 19.5 Å². The molecule has 1 atom stereocenters. The Labute approximate surface area is 161 Å². The maximum absolute atomic E-state index is 12.9. The highest BCUT2D eigenvalue weighted by Gasteiger charge is 2.34. The summed E-state index contributed by atoms with van der Waals surface area (Å²) < 4.78 is 5.59. The number of carbonyl (C=O) groups excluding carboxylic acids is 1. The van der Waals surface area contributed by atoms with Gasteiger partial charge in [-0.25, -0.2) is 0 Å². The first-order valence-electron chi connectivity index (χ1n) is 9.51. The molecule has 1 aromatic rings. The molecule has 1 unspecified atom stereocenters. The number of aryl methyl sites for hydroxylation is 1. The average molecular weight is 374 g/mol. The van der Waals surface area contributed by atoms with E-state index in [-0.39, 0.29) is 23.9 Å². The van der Waals surface area contributed by atoms with Gasteiger partial charge in [-0.05, 0) is 45.2 Å². The summed E-state index contributed by atoms with van der Waals surface area (Å²) in [5.41, 5.74) is 4.57. The number of carbonyl (C=O) groups is 1. The molecule has 0 bridgehead atoms. The van der Waals surface area contributed by atoms with E-state index in [4.69, 9.17) is 9.57 Å². The molecule has 1 N–H and O–H groups in total. The van der Waals surface area contributed by atoms with Crippen LogP contribution in [0, 0.1) is 20.8 Å². The van der Waals surface area contributed by atoms with Crippen LogP contribution in [0.3, 0.4) is 0 Å². The first kappa shape index (κ1) is 20.9. The lowest BCUT2D eigenvalue weighted by Crippen LogP contribution is -2.25. The number of Topliss-reactive ketones (excluding diaryl/α,β-unsaturated/α-hetero) is 1. The molecule has 148 valence electrons. The second-order valence-electron chi connectivity index (χ2n) is 6.92. The number of ether oxygens (including phenoxy) is 1. The van der Waals surface area contributed by atoms with Gasteiger partial charge in [0, 0.05) is 24.5 Å². The van der Waals surface area contributed by atoms with Crippen molar-refractivity contribution in [2.45, 2.75) is 66.2 Å². The quantitative estimate of drug-likeness (QED) is 0.563. The van der Waals surface area contributed by atoms with Gasteiger partial charge in [0.05, 0.1) is 24.1 Å². The zero-order valence-corrected chi connectivity index (χ0v) is 17.2. The number of hydrogen-bond acceptors (Lipinski definition) is 6. The van der Waals surface area contributed by atoms with Crippen molar-refractivity contribution in [3.8, 4) is 5.75 Å². The van der Waals surface area contributed by atoms with Gasteiger partial charge < -0.3 is 14.7 Å². The Kier molecular flexibility index (Phi) is 6.99. The molecule has 6 nitrogen and oxygen atoms in total. The molecule has 6 heteroatoms. The van der Waals surface area contributed by atoms with Gasteiger partial charge in [-0.15, -0.1) is 0 Å². The summed E-state index contributed by atoms with van der Waals surface area (Å²) in [6, 6.07) is 0. The third kappa shape index (κ3) is 4.31. The average Bonchev–Trinajstić information content (AvgIpc) is 2.63. The first-order valence-corrected chi connectivity index (χ1v) is 9.51. The minimum absolute atomic E-state index is 0.0582. The van der Waals surface area contributed by atoms with E-state index in [1.165, 1.54) is 0 Å². The third-order valence-corrected chi connectivity index (χ3v) is 5.08. The Balaban J connectivity index is 2.45. The molecule has 0 spiro atoms. The van der Waals surface area contributed by atoms with Crippen molar-refractivity contribution in [1.29, 1.82) is 0 Å². The molecule has 1 aromatic heterocycles. The van der Waals surface area contributed by atoms with E-state index in [0.29, 0.717) is 36.5 Å². The van der Waals surface area contributed by atoms with Crippen LogP contribution >= 0.6 is 0 Å². The third-order valence-electron chi connectivity index (χ3n) is 5.08. The Morgan fingerprint density at radius 2 is 1.93 bits per heavy atom. The van der Waals surface area contributed by atoms with Crippen LogP contribution in [0.4, 0.5) is 0 Å². The van der Waals surface area contributed by atoms with Crippen molar-refractivity contribution in [2.24, 2.45) is 5.16 Å². The monoisotopic (exact) mass is 374 g/mol. The molecule has 0 fully saturated rings. The molecule has 27 heavy (non-hydrogen) atoms. The molecule has 0 aliphatic heterocycles. The van der Waals surface area contributed by atoms with Gasteiger partial charge in [0.15, 0.2) is 5.78 Å². The lowest BCUT2D eigenvalue weighted by atomic mass is 9.81. The van der Waals surface area contributed by atoms with Gasteiger partial charge in [0.2, 0.25) is 0 Å². The van der Waals surface area contributed by atoms with Crippen molar-refractivity contribution in [2.75, 3.05) is 13.7 Å². The van der Waals surface area contributed by atoms with Gasteiger partial charge in [0.1, 0.15) is 18.1 Å².